The third-order valence-corrected chi connectivity index (χ3v) is 8.95. The van der Waals surface area contributed by atoms with Crippen LogP contribution in [0.2, 0.25) is 0 Å². The highest BCUT2D eigenvalue weighted by atomic mass is 32.2. The molecule has 0 aromatic heterocycles. The van der Waals surface area contributed by atoms with E-state index in [1.807, 2.05) is 31.2 Å². The Hall–Kier alpha value is -3.29. The van der Waals surface area contributed by atoms with Crippen molar-refractivity contribution in [1.82, 2.24) is 10.0 Å². The van der Waals surface area contributed by atoms with Gasteiger partial charge in [-0.25, -0.2) is 17.5 Å². The summed E-state index contributed by atoms with van der Waals surface area (Å²) in [5.74, 6) is -0.513. The fourth-order valence-electron chi connectivity index (χ4n) is 5.25. The van der Waals surface area contributed by atoms with Crippen LogP contribution in [0, 0.1) is 11.7 Å². The SMILES string of the molecule is C[C@@H](NC(=O)C1CCC(NS(=O)(=O)c2ccc3c(c2)CC(c2ccccc2)=C3)CC1)c1ccc(F)cc1. The summed E-state index contributed by atoms with van der Waals surface area (Å²) in [6.07, 6.45) is 5.27. The molecule has 1 amide bonds. The second-order valence-corrected chi connectivity index (χ2v) is 11.7. The molecule has 7 heteroatoms. The van der Waals surface area contributed by atoms with E-state index in [2.05, 4.69) is 28.2 Å². The van der Waals surface area contributed by atoms with Crippen molar-refractivity contribution in [2.45, 2.75) is 56.0 Å². The van der Waals surface area contributed by atoms with Crippen molar-refractivity contribution < 1.29 is 17.6 Å². The third-order valence-electron chi connectivity index (χ3n) is 7.43. The molecule has 2 N–H and O–H groups in total. The van der Waals surface area contributed by atoms with Crippen molar-refractivity contribution in [2.75, 3.05) is 0 Å². The molecule has 1 fully saturated rings. The van der Waals surface area contributed by atoms with Crippen LogP contribution >= 0.6 is 0 Å². The zero-order chi connectivity index (χ0) is 26.0. The average molecular weight is 519 g/mol. The summed E-state index contributed by atoms with van der Waals surface area (Å²) in [4.78, 5) is 13.1. The Kier molecular flexibility index (Phi) is 7.26. The summed E-state index contributed by atoms with van der Waals surface area (Å²) in [6, 6.07) is 21.1. The van der Waals surface area contributed by atoms with E-state index in [9.17, 15) is 17.6 Å². The van der Waals surface area contributed by atoms with E-state index in [1.54, 1.807) is 24.3 Å². The number of allylic oxidation sites excluding steroid dienone is 1. The Labute approximate surface area is 217 Å². The number of carbonyl (C=O) groups excluding carboxylic acids is 1. The van der Waals surface area contributed by atoms with Gasteiger partial charge < -0.3 is 5.32 Å². The van der Waals surface area contributed by atoms with Crippen LogP contribution in [0.25, 0.3) is 11.6 Å². The van der Waals surface area contributed by atoms with E-state index < -0.39 is 10.0 Å². The summed E-state index contributed by atoms with van der Waals surface area (Å²) in [5.41, 5.74) is 5.24. The maximum absolute atomic E-state index is 13.2. The van der Waals surface area contributed by atoms with Gasteiger partial charge in [-0.1, -0.05) is 54.6 Å². The molecule has 37 heavy (non-hydrogen) atoms. The average Bonchev–Trinajstić information content (AvgIpc) is 3.33. The highest BCUT2D eigenvalue weighted by molar-refractivity contribution is 7.89. The highest BCUT2D eigenvalue weighted by Crippen LogP contribution is 2.33. The molecule has 2 aliphatic carbocycles. The molecular weight excluding hydrogens is 487 g/mol. The molecule has 0 bridgehead atoms. The fraction of sp³-hybridized carbons (Fsp3) is 0.300. The van der Waals surface area contributed by atoms with E-state index in [-0.39, 0.29) is 34.6 Å². The van der Waals surface area contributed by atoms with Crippen LogP contribution in [0.1, 0.15) is 60.9 Å². The lowest BCUT2D eigenvalue weighted by Gasteiger charge is -2.29. The van der Waals surface area contributed by atoms with Crippen LogP contribution in [0.5, 0.6) is 0 Å². The molecule has 0 heterocycles. The Bertz CT molecular complexity index is 1410. The van der Waals surface area contributed by atoms with Crippen LogP contribution in [-0.2, 0) is 21.2 Å². The van der Waals surface area contributed by atoms with Crippen molar-refractivity contribution in [2.24, 2.45) is 5.92 Å². The van der Waals surface area contributed by atoms with Crippen molar-refractivity contribution in [3.8, 4) is 0 Å². The molecule has 1 saturated carbocycles. The molecule has 0 unspecified atom stereocenters. The summed E-state index contributed by atoms with van der Waals surface area (Å²) >= 11 is 0. The quantitative estimate of drug-likeness (QED) is 0.425. The van der Waals surface area contributed by atoms with Gasteiger partial charge in [0.2, 0.25) is 15.9 Å². The highest BCUT2D eigenvalue weighted by Gasteiger charge is 2.30. The van der Waals surface area contributed by atoms with Gasteiger partial charge in [0.05, 0.1) is 10.9 Å². The topological polar surface area (TPSA) is 75.3 Å². The number of nitrogens with one attached hydrogen (secondary N) is 2. The predicted molar refractivity (Wildman–Crippen MR) is 143 cm³/mol. The van der Waals surface area contributed by atoms with Gasteiger partial charge in [0, 0.05) is 12.0 Å². The molecule has 0 spiro atoms. The zero-order valence-electron chi connectivity index (χ0n) is 20.8. The summed E-state index contributed by atoms with van der Waals surface area (Å²) < 4.78 is 42.3. The number of hydrogen-bond donors (Lipinski definition) is 2. The van der Waals surface area contributed by atoms with Crippen molar-refractivity contribution in [3.63, 3.8) is 0 Å². The lowest BCUT2D eigenvalue weighted by atomic mass is 9.85. The first-order chi connectivity index (χ1) is 17.8. The number of sulfonamides is 1. The van der Waals surface area contributed by atoms with E-state index in [4.69, 9.17) is 0 Å². The molecular formula is C30H31FN2O3S. The number of amides is 1. The molecule has 3 aromatic carbocycles. The number of rotatable bonds is 7. The van der Waals surface area contributed by atoms with Crippen LogP contribution in [0.15, 0.2) is 77.7 Å². The summed E-state index contributed by atoms with van der Waals surface area (Å²) in [6.45, 7) is 1.87. The zero-order valence-corrected chi connectivity index (χ0v) is 21.6. The van der Waals surface area contributed by atoms with Gasteiger partial charge in [-0.3, -0.25) is 4.79 Å². The van der Waals surface area contributed by atoms with Crippen LogP contribution in [0.4, 0.5) is 4.39 Å². The van der Waals surface area contributed by atoms with E-state index in [0.717, 1.165) is 22.3 Å². The molecule has 1 atom stereocenters. The minimum absolute atomic E-state index is 0.0431. The minimum atomic E-state index is -3.66. The van der Waals surface area contributed by atoms with Gasteiger partial charge in [-0.2, -0.15) is 0 Å². The van der Waals surface area contributed by atoms with Crippen molar-refractivity contribution in [1.29, 1.82) is 0 Å². The molecule has 0 saturated heterocycles. The molecule has 2 aliphatic rings. The lowest BCUT2D eigenvalue weighted by molar-refractivity contribution is -0.126. The number of benzene rings is 3. The normalized spacial score (nSPS) is 20.1. The fourth-order valence-corrected chi connectivity index (χ4v) is 6.61. The van der Waals surface area contributed by atoms with Gasteiger partial charge >= 0.3 is 0 Å². The van der Waals surface area contributed by atoms with Gasteiger partial charge in [0.15, 0.2) is 0 Å². The van der Waals surface area contributed by atoms with Crippen molar-refractivity contribution in [3.05, 3.63) is 101 Å². The first-order valence-corrected chi connectivity index (χ1v) is 14.2. The van der Waals surface area contributed by atoms with Crippen molar-refractivity contribution >= 4 is 27.6 Å². The molecule has 3 aromatic rings. The molecule has 0 aliphatic heterocycles. The number of fused-ring (bicyclic) bond motifs is 1. The minimum Gasteiger partial charge on any atom is -0.349 e. The van der Waals surface area contributed by atoms with Gasteiger partial charge in [-0.05, 0) is 91.1 Å². The van der Waals surface area contributed by atoms with Gasteiger partial charge in [0.1, 0.15) is 5.82 Å². The van der Waals surface area contributed by atoms with Crippen LogP contribution < -0.4 is 10.0 Å². The maximum atomic E-state index is 13.2. The summed E-state index contributed by atoms with van der Waals surface area (Å²) in [5, 5.41) is 3.01. The Balaban J connectivity index is 1.15. The van der Waals surface area contributed by atoms with Crippen LogP contribution in [-0.4, -0.2) is 20.4 Å². The largest absolute Gasteiger partial charge is 0.349 e. The number of halogens is 1. The Morgan fingerprint density at radius 2 is 1.65 bits per heavy atom. The second kappa shape index (κ2) is 10.6. The molecule has 5 nitrogen and oxygen atoms in total. The Morgan fingerprint density at radius 1 is 0.946 bits per heavy atom. The van der Waals surface area contributed by atoms with Crippen LogP contribution in [0.3, 0.4) is 0 Å². The third kappa shape index (κ3) is 5.84. The number of hydrogen-bond acceptors (Lipinski definition) is 3. The van der Waals surface area contributed by atoms with E-state index >= 15 is 0 Å². The van der Waals surface area contributed by atoms with E-state index in [0.29, 0.717) is 32.1 Å². The first kappa shape index (κ1) is 25.4. The van der Waals surface area contributed by atoms with Gasteiger partial charge in [-0.15, -0.1) is 0 Å². The Morgan fingerprint density at radius 3 is 2.35 bits per heavy atom. The second-order valence-electron chi connectivity index (χ2n) is 10.0. The smallest absolute Gasteiger partial charge is 0.240 e. The maximum Gasteiger partial charge on any atom is 0.240 e. The molecule has 192 valence electrons. The number of carbonyl (C=O) groups is 1. The predicted octanol–water partition coefficient (Wildman–Crippen LogP) is 5.64. The van der Waals surface area contributed by atoms with E-state index in [1.165, 1.54) is 17.7 Å². The molecule has 0 radical (unpaired) electrons. The summed E-state index contributed by atoms with van der Waals surface area (Å²) in [7, 11) is -3.66. The lowest BCUT2D eigenvalue weighted by Crippen LogP contribution is -2.41. The standard InChI is InChI=1S/C30H31FN2O3S/c1-20(21-7-12-27(31)13-8-21)32-30(34)23-9-14-28(15-10-23)33-37(35,36)29-16-11-24-17-25(18-26(24)19-29)22-5-3-2-4-6-22/h2-8,11-13,16-17,19-20,23,28,33H,9-10,14-15,18H2,1H3,(H,32,34)/t20-,23?,28?/m1/s1. The first-order valence-electron chi connectivity index (χ1n) is 12.8. The monoisotopic (exact) mass is 518 g/mol. The molecule has 5 rings (SSSR count). The van der Waals surface area contributed by atoms with Gasteiger partial charge in [0.25, 0.3) is 0 Å².